The number of aliphatic hydroxyl groups is 1. The molecule has 4 nitrogen and oxygen atoms in total. The minimum Gasteiger partial charge on any atom is -0.392 e. The van der Waals surface area contributed by atoms with Crippen LogP contribution in [0.15, 0.2) is 42.5 Å². The first kappa shape index (κ1) is 17.6. The number of aliphatic hydroxyl groups excluding tert-OH is 1. The van der Waals surface area contributed by atoms with Crippen molar-refractivity contribution >= 4 is 5.91 Å². The van der Waals surface area contributed by atoms with Crippen LogP contribution in [-0.2, 0) is 24.5 Å². The van der Waals surface area contributed by atoms with E-state index in [1.165, 1.54) is 11.6 Å². The number of rotatable bonds is 4. The second kappa shape index (κ2) is 7.76. The molecule has 0 aromatic heterocycles. The molecule has 1 aliphatic heterocycles. The van der Waals surface area contributed by atoms with Gasteiger partial charge in [0, 0.05) is 38.2 Å². The summed E-state index contributed by atoms with van der Waals surface area (Å²) in [5.41, 5.74) is 3.48. The highest BCUT2D eigenvalue weighted by Crippen LogP contribution is 2.27. The largest absolute Gasteiger partial charge is 0.392 e. The highest BCUT2D eigenvalue weighted by atomic mass is 19.1. The SMILES string of the molecule is CC(=O)N1CCC(NCc2ccc(CO)c(F)c2)c2ccccc2C1. The number of halogens is 1. The summed E-state index contributed by atoms with van der Waals surface area (Å²) in [6.45, 7) is 3.16. The Morgan fingerprint density at radius 2 is 2.12 bits per heavy atom. The number of carbonyl (C=O) groups excluding carboxylic acids is 1. The van der Waals surface area contributed by atoms with E-state index in [0.29, 0.717) is 25.2 Å². The maximum Gasteiger partial charge on any atom is 0.219 e. The Morgan fingerprint density at radius 1 is 1.32 bits per heavy atom. The minimum absolute atomic E-state index is 0.0807. The van der Waals surface area contributed by atoms with Crippen LogP contribution in [0, 0.1) is 5.82 Å². The molecule has 0 saturated heterocycles. The molecule has 0 bridgehead atoms. The van der Waals surface area contributed by atoms with E-state index in [0.717, 1.165) is 17.5 Å². The predicted molar refractivity (Wildman–Crippen MR) is 94.1 cm³/mol. The molecule has 2 aromatic carbocycles. The van der Waals surface area contributed by atoms with Gasteiger partial charge in [0.25, 0.3) is 0 Å². The Morgan fingerprint density at radius 3 is 2.84 bits per heavy atom. The number of carbonyl (C=O) groups is 1. The van der Waals surface area contributed by atoms with E-state index in [-0.39, 0.29) is 24.4 Å². The molecule has 2 N–H and O–H groups in total. The van der Waals surface area contributed by atoms with Gasteiger partial charge < -0.3 is 15.3 Å². The standard InChI is InChI=1S/C20H23FN2O2/c1-14(25)23-9-8-20(18-5-3-2-4-16(18)12-23)22-11-15-6-7-17(13-24)19(21)10-15/h2-7,10,20,22,24H,8-9,11-13H2,1H3. The zero-order valence-corrected chi connectivity index (χ0v) is 14.3. The van der Waals surface area contributed by atoms with Gasteiger partial charge in [-0.25, -0.2) is 4.39 Å². The molecule has 1 aliphatic rings. The van der Waals surface area contributed by atoms with Crippen molar-refractivity contribution in [1.29, 1.82) is 0 Å². The fraction of sp³-hybridized carbons (Fsp3) is 0.350. The molecule has 25 heavy (non-hydrogen) atoms. The quantitative estimate of drug-likeness (QED) is 0.898. The first-order valence-corrected chi connectivity index (χ1v) is 8.53. The normalized spacial score (nSPS) is 17.1. The van der Waals surface area contributed by atoms with Gasteiger partial charge in [-0.2, -0.15) is 0 Å². The summed E-state index contributed by atoms with van der Waals surface area (Å²) >= 11 is 0. The molecule has 0 aliphatic carbocycles. The van der Waals surface area contributed by atoms with Crippen LogP contribution in [-0.4, -0.2) is 22.5 Å². The van der Waals surface area contributed by atoms with Crippen molar-refractivity contribution < 1.29 is 14.3 Å². The molecule has 3 rings (SSSR count). The van der Waals surface area contributed by atoms with E-state index in [2.05, 4.69) is 17.4 Å². The van der Waals surface area contributed by atoms with Crippen LogP contribution in [0.3, 0.4) is 0 Å². The molecule has 1 atom stereocenters. The van der Waals surface area contributed by atoms with Gasteiger partial charge in [-0.3, -0.25) is 4.79 Å². The zero-order chi connectivity index (χ0) is 17.8. The molecule has 1 heterocycles. The van der Waals surface area contributed by atoms with Crippen molar-refractivity contribution in [2.45, 2.75) is 39.1 Å². The van der Waals surface area contributed by atoms with Crippen LogP contribution in [0.2, 0.25) is 0 Å². The highest BCUT2D eigenvalue weighted by Gasteiger charge is 2.23. The van der Waals surface area contributed by atoms with E-state index in [9.17, 15) is 9.18 Å². The monoisotopic (exact) mass is 342 g/mol. The minimum atomic E-state index is -0.383. The number of nitrogens with one attached hydrogen (secondary N) is 1. The maximum absolute atomic E-state index is 13.8. The Kier molecular flexibility index (Phi) is 5.46. The van der Waals surface area contributed by atoms with Crippen molar-refractivity contribution in [3.05, 3.63) is 70.5 Å². The summed E-state index contributed by atoms with van der Waals surface area (Å²) in [6.07, 6.45) is 0.813. The first-order chi connectivity index (χ1) is 12.1. The molecule has 0 fully saturated rings. The number of hydrogen-bond donors (Lipinski definition) is 2. The van der Waals surface area contributed by atoms with E-state index < -0.39 is 0 Å². The second-order valence-corrected chi connectivity index (χ2v) is 6.45. The molecule has 0 saturated carbocycles. The molecule has 132 valence electrons. The van der Waals surface area contributed by atoms with Crippen LogP contribution in [0.5, 0.6) is 0 Å². The van der Waals surface area contributed by atoms with Crippen LogP contribution in [0.1, 0.15) is 41.6 Å². The van der Waals surface area contributed by atoms with Gasteiger partial charge in [0.05, 0.1) is 6.61 Å². The maximum atomic E-state index is 13.8. The zero-order valence-electron chi connectivity index (χ0n) is 14.3. The third-order valence-corrected chi connectivity index (χ3v) is 4.77. The van der Waals surface area contributed by atoms with Gasteiger partial charge in [-0.1, -0.05) is 36.4 Å². The Bertz CT molecular complexity index is 763. The first-order valence-electron chi connectivity index (χ1n) is 8.53. The fourth-order valence-corrected chi connectivity index (χ4v) is 3.29. The molecule has 2 aromatic rings. The summed E-state index contributed by atoms with van der Waals surface area (Å²) in [5, 5.41) is 12.6. The molecule has 5 heteroatoms. The average molecular weight is 342 g/mol. The van der Waals surface area contributed by atoms with Crippen molar-refractivity contribution in [3.63, 3.8) is 0 Å². The molecule has 1 unspecified atom stereocenters. The van der Waals surface area contributed by atoms with E-state index in [1.54, 1.807) is 13.0 Å². The lowest BCUT2D eigenvalue weighted by atomic mass is 9.99. The van der Waals surface area contributed by atoms with Crippen molar-refractivity contribution in [2.24, 2.45) is 0 Å². The summed E-state index contributed by atoms with van der Waals surface area (Å²) in [7, 11) is 0. The van der Waals surface area contributed by atoms with E-state index in [4.69, 9.17) is 5.11 Å². The van der Waals surface area contributed by atoms with Gasteiger partial charge >= 0.3 is 0 Å². The molecule has 1 amide bonds. The number of fused-ring (bicyclic) bond motifs is 1. The van der Waals surface area contributed by atoms with E-state index in [1.807, 2.05) is 23.1 Å². The summed E-state index contributed by atoms with van der Waals surface area (Å²) in [6, 6.07) is 13.2. The summed E-state index contributed by atoms with van der Waals surface area (Å²) in [5.74, 6) is -0.303. The van der Waals surface area contributed by atoms with Gasteiger partial charge in [-0.05, 0) is 29.2 Å². The molecular formula is C20H23FN2O2. The lowest BCUT2D eigenvalue weighted by molar-refractivity contribution is -0.129. The summed E-state index contributed by atoms with van der Waals surface area (Å²) < 4.78 is 13.8. The number of nitrogens with zero attached hydrogens (tertiary/aromatic N) is 1. The van der Waals surface area contributed by atoms with Crippen LogP contribution < -0.4 is 5.32 Å². The molecular weight excluding hydrogens is 319 g/mol. The van der Waals surface area contributed by atoms with Gasteiger partial charge in [0.15, 0.2) is 0 Å². The smallest absolute Gasteiger partial charge is 0.219 e. The predicted octanol–water partition coefficient (Wildman–Crippen LogP) is 2.90. The number of hydrogen-bond acceptors (Lipinski definition) is 3. The van der Waals surface area contributed by atoms with Crippen molar-refractivity contribution in [3.8, 4) is 0 Å². The third-order valence-electron chi connectivity index (χ3n) is 4.77. The second-order valence-electron chi connectivity index (χ2n) is 6.45. The molecule has 0 spiro atoms. The number of amides is 1. The molecule has 0 radical (unpaired) electrons. The Hall–Kier alpha value is -2.24. The third kappa shape index (κ3) is 4.06. The van der Waals surface area contributed by atoms with E-state index >= 15 is 0 Å². The Labute approximate surface area is 147 Å². The van der Waals surface area contributed by atoms with Gasteiger partial charge in [-0.15, -0.1) is 0 Å². The van der Waals surface area contributed by atoms with Crippen molar-refractivity contribution in [1.82, 2.24) is 10.2 Å². The average Bonchev–Trinajstić information content (AvgIpc) is 2.80. The van der Waals surface area contributed by atoms with Crippen LogP contribution in [0.25, 0.3) is 0 Å². The van der Waals surface area contributed by atoms with Crippen LogP contribution >= 0.6 is 0 Å². The fourth-order valence-electron chi connectivity index (χ4n) is 3.29. The number of benzene rings is 2. The Balaban J connectivity index is 1.76. The lowest BCUT2D eigenvalue weighted by Crippen LogP contribution is -2.29. The van der Waals surface area contributed by atoms with Crippen molar-refractivity contribution in [2.75, 3.05) is 6.54 Å². The van der Waals surface area contributed by atoms with Gasteiger partial charge in [0.1, 0.15) is 5.82 Å². The summed E-state index contributed by atoms with van der Waals surface area (Å²) in [4.78, 5) is 13.6. The van der Waals surface area contributed by atoms with Gasteiger partial charge in [0.2, 0.25) is 5.91 Å². The topological polar surface area (TPSA) is 52.6 Å². The highest BCUT2D eigenvalue weighted by molar-refractivity contribution is 5.73. The van der Waals surface area contributed by atoms with Crippen LogP contribution in [0.4, 0.5) is 4.39 Å². The lowest BCUT2D eigenvalue weighted by Gasteiger charge is -2.20.